The topological polar surface area (TPSA) is 54.0 Å². The van der Waals surface area contributed by atoms with Gasteiger partial charge in [0.2, 0.25) is 4.96 Å². The van der Waals surface area contributed by atoms with Crippen molar-refractivity contribution in [1.82, 2.24) is 14.6 Å². The molecule has 4 nitrogen and oxygen atoms in total. The summed E-state index contributed by atoms with van der Waals surface area (Å²) in [5.74, 6) is 0. The molecule has 0 radical (unpaired) electrons. The van der Waals surface area contributed by atoms with Crippen molar-refractivity contribution in [3.63, 3.8) is 0 Å². The first kappa shape index (κ1) is 10.9. The van der Waals surface area contributed by atoms with E-state index in [1.807, 2.05) is 37.3 Å². The number of aryl methyl sites for hydroxylation is 1. The number of nitrogens with zero attached hydrogens (tertiary/aromatic N) is 4. The molecule has 0 N–H and O–H groups in total. The van der Waals surface area contributed by atoms with Gasteiger partial charge in [0.05, 0.1) is 0 Å². The van der Waals surface area contributed by atoms with Gasteiger partial charge < -0.3 is 0 Å². The second-order valence-corrected chi connectivity index (χ2v) is 4.87. The number of imidazole rings is 1. The van der Waals surface area contributed by atoms with E-state index < -0.39 is 0 Å². The van der Waals surface area contributed by atoms with Gasteiger partial charge in [-0.25, -0.2) is 4.98 Å². The van der Waals surface area contributed by atoms with Crippen molar-refractivity contribution in [1.29, 1.82) is 5.26 Å². The fraction of sp³-hybridized carbons (Fsp3) is 0.154. The van der Waals surface area contributed by atoms with E-state index in [2.05, 4.69) is 16.2 Å². The summed E-state index contributed by atoms with van der Waals surface area (Å²) < 4.78 is 1.64. The highest BCUT2D eigenvalue weighted by Gasteiger charge is 2.16. The van der Waals surface area contributed by atoms with Gasteiger partial charge in [-0.1, -0.05) is 48.6 Å². The van der Waals surface area contributed by atoms with Crippen LogP contribution >= 0.6 is 11.3 Å². The minimum Gasteiger partial charge on any atom is -0.216 e. The van der Waals surface area contributed by atoms with Crippen molar-refractivity contribution in [3.8, 4) is 17.3 Å². The molecule has 0 bridgehead atoms. The number of nitriles is 1. The number of benzene rings is 1. The number of hydrogen-bond donors (Lipinski definition) is 0. The van der Waals surface area contributed by atoms with Gasteiger partial charge >= 0.3 is 0 Å². The molecule has 3 aromatic rings. The van der Waals surface area contributed by atoms with Crippen LogP contribution < -0.4 is 0 Å². The minimum absolute atomic E-state index is 0.507. The third-order valence-corrected chi connectivity index (χ3v) is 3.75. The molecule has 2 aromatic heterocycles. The van der Waals surface area contributed by atoms with Crippen LogP contribution in [0.4, 0.5) is 0 Å². The SMILES string of the molecule is CCc1nn2c(C#N)c(-c3ccccc3)nc2s1. The zero-order valence-electron chi connectivity index (χ0n) is 9.79. The number of fused-ring (bicyclic) bond motifs is 1. The Morgan fingerprint density at radius 2 is 2.11 bits per heavy atom. The zero-order valence-corrected chi connectivity index (χ0v) is 10.6. The van der Waals surface area contributed by atoms with Crippen LogP contribution in [0.15, 0.2) is 30.3 Å². The third-order valence-electron chi connectivity index (χ3n) is 2.70. The van der Waals surface area contributed by atoms with Crippen LogP contribution in [0.5, 0.6) is 0 Å². The van der Waals surface area contributed by atoms with Gasteiger partial charge in [-0.05, 0) is 6.42 Å². The summed E-state index contributed by atoms with van der Waals surface area (Å²) in [7, 11) is 0. The van der Waals surface area contributed by atoms with Crippen molar-refractivity contribution in [3.05, 3.63) is 41.0 Å². The molecule has 0 saturated heterocycles. The summed E-state index contributed by atoms with van der Waals surface area (Å²) in [6.07, 6.45) is 0.861. The lowest BCUT2D eigenvalue weighted by atomic mass is 10.1. The molecule has 0 unspecified atom stereocenters. The lowest BCUT2D eigenvalue weighted by Crippen LogP contribution is -1.91. The van der Waals surface area contributed by atoms with Gasteiger partial charge in [-0.2, -0.15) is 14.9 Å². The van der Waals surface area contributed by atoms with E-state index in [9.17, 15) is 5.26 Å². The maximum atomic E-state index is 9.30. The maximum Gasteiger partial charge on any atom is 0.214 e. The highest BCUT2D eigenvalue weighted by molar-refractivity contribution is 7.16. The van der Waals surface area contributed by atoms with Crippen molar-refractivity contribution < 1.29 is 0 Å². The third kappa shape index (κ3) is 1.59. The van der Waals surface area contributed by atoms with Crippen molar-refractivity contribution in [2.75, 3.05) is 0 Å². The predicted octanol–water partition coefficient (Wildman–Crippen LogP) is 2.89. The second-order valence-electron chi connectivity index (χ2n) is 3.83. The molecule has 3 rings (SSSR count). The molecular weight excluding hydrogens is 244 g/mol. The van der Waals surface area contributed by atoms with E-state index in [0.29, 0.717) is 11.4 Å². The van der Waals surface area contributed by atoms with Gasteiger partial charge in [0.1, 0.15) is 16.8 Å². The molecule has 0 saturated carbocycles. The van der Waals surface area contributed by atoms with Crippen molar-refractivity contribution in [2.24, 2.45) is 0 Å². The highest BCUT2D eigenvalue weighted by atomic mass is 32.1. The number of aromatic nitrogens is 3. The molecule has 1 aromatic carbocycles. The quantitative estimate of drug-likeness (QED) is 0.706. The van der Waals surface area contributed by atoms with Crippen LogP contribution in [0.1, 0.15) is 17.6 Å². The summed E-state index contributed by atoms with van der Waals surface area (Å²) in [6.45, 7) is 2.04. The molecule has 5 heteroatoms. The molecule has 0 aliphatic carbocycles. The molecule has 2 heterocycles. The largest absolute Gasteiger partial charge is 0.216 e. The Morgan fingerprint density at radius 3 is 2.78 bits per heavy atom. The molecular formula is C13H10N4S. The smallest absolute Gasteiger partial charge is 0.214 e. The molecule has 0 fully saturated rings. The summed E-state index contributed by atoms with van der Waals surface area (Å²) in [6, 6.07) is 11.9. The monoisotopic (exact) mass is 254 g/mol. The van der Waals surface area contributed by atoms with E-state index in [-0.39, 0.29) is 0 Å². The lowest BCUT2D eigenvalue weighted by molar-refractivity contribution is 0.899. The average Bonchev–Trinajstić information content (AvgIpc) is 2.96. The lowest BCUT2D eigenvalue weighted by Gasteiger charge is -1.95. The summed E-state index contributed by atoms with van der Waals surface area (Å²) in [5, 5.41) is 14.7. The number of rotatable bonds is 2. The molecule has 0 spiro atoms. The molecule has 0 atom stereocenters. The Kier molecular flexibility index (Phi) is 2.58. The van der Waals surface area contributed by atoms with Gasteiger partial charge in [-0.3, -0.25) is 0 Å². The summed E-state index contributed by atoms with van der Waals surface area (Å²) >= 11 is 1.53. The van der Waals surface area contributed by atoms with Crippen LogP contribution in [0, 0.1) is 11.3 Å². The predicted molar refractivity (Wildman–Crippen MR) is 70.4 cm³/mol. The summed E-state index contributed by atoms with van der Waals surface area (Å²) in [5.41, 5.74) is 2.16. The van der Waals surface area contributed by atoms with Crippen LogP contribution in [-0.4, -0.2) is 14.6 Å². The first-order valence-electron chi connectivity index (χ1n) is 5.67. The van der Waals surface area contributed by atoms with Gasteiger partial charge in [0, 0.05) is 5.56 Å². The van der Waals surface area contributed by atoms with E-state index in [1.165, 1.54) is 11.3 Å². The van der Waals surface area contributed by atoms with Gasteiger partial charge in [-0.15, -0.1) is 0 Å². The van der Waals surface area contributed by atoms with E-state index >= 15 is 0 Å². The normalized spacial score (nSPS) is 10.7. The minimum atomic E-state index is 0.507. The fourth-order valence-electron chi connectivity index (χ4n) is 1.83. The molecule has 88 valence electrons. The van der Waals surface area contributed by atoms with Crippen LogP contribution in [-0.2, 0) is 6.42 Å². The second kappa shape index (κ2) is 4.24. The van der Waals surface area contributed by atoms with Crippen LogP contribution in [0.25, 0.3) is 16.2 Å². The van der Waals surface area contributed by atoms with Crippen LogP contribution in [0.2, 0.25) is 0 Å². The zero-order chi connectivity index (χ0) is 12.5. The average molecular weight is 254 g/mol. The Morgan fingerprint density at radius 1 is 1.33 bits per heavy atom. The molecule has 0 aliphatic rings. The molecule has 0 aliphatic heterocycles. The molecule has 0 amide bonds. The highest BCUT2D eigenvalue weighted by Crippen LogP contribution is 2.26. The van der Waals surface area contributed by atoms with Gasteiger partial charge in [0.25, 0.3) is 0 Å². The Bertz CT molecular complexity index is 734. The maximum absolute atomic E-state index is 9.30. The Hall–Kier alpha value is -2.19. The molecule has 18 heavy (non-hydrogen) atoms. The summed E-state index contributed by atoms with van der Waals surface area (Å²) in [4.78, 5) is 5.30. The number of hydrogen-bond acceptors (Lipinski definition) is 4. The van der Waals surface area contributed by atoms with Crippen molar-refractivity contribution >= 4 is 16.3 Å². The van der Waals surface area contributed by atoms with E-state index in [1.54, 1.807) is 4.52 Å². The Balaban J connectivity index is 2.25. The first-order chi connectivity index (χ1) is 8.83. The fourth-order valence-corrected chi connectivity index (χ4v) is 2.66. The standard InChI is InChI=1S/C13H10N4S/c1-2-11-16-17-10(8-14)12(15-13(17)18-11)9-6-4-3-5-7-9/h3-7H,2H2,1H3. The van der Waals surface area contributed by atoms with Crippen LogP contribution in [0.3, 0.4) is 0 Å². The first-order valence-corrected chi connectivity index (χ1v) is 6.49. The van der Waals surface area contributed by atoms with Gasteiger partial charge in [0.15, 0.2) is 5.69 Å². The van der Waals surface area contributed by atoms with Crippen molar-refractivity contribution in [2.45, 2.75) is 13.3 Å². The van der Waals surface area contributed by atoms with E-state index in [0.717, 1.165) is 22.0 Å². The Labute approximate surface area is 108 Å². The van der Waals surface area contributed by atoms with E-state index in [4.69, 9.17) is 0 Å².